The average Bonchev–Trinajstić information content (AvgIpc) is 3.28. The molecule has 0 radical (unpaired) electrons. The van der Waals surface area contributed by atoms with Gasteiger partial charge in [0.25, 0.3) is 0 Å². The van der Waals surface area contributed by atoms with Gasteiger partial charge in [-0.05, 0) is 49.2 Å². The van der Waals surface area contributed by atoms with Crippen LogP contribution in [0.3, 0.4) is 0 Å². The number of likely N-dealkylation sites (tertiary alicyclic amines) is 1. The highest BCUT2D eigenvalue weighted by atomic mass is 35.5. The molecular formula is C23H24ClF3N4O2. The summed E-state index contributed by atoms with van der Waals surface area (Å²) in [5.41, 5.74) is 0.353. The molecule has 2 aliphatic rings. The van der Waals surface area contributed by atoms with E-state index in [0.717, 1.165) is 18.6 Å². The number of amides is 3. The number of benzene rings is 2. The highest BCUT2D eigenvalue weighted by Gasteiger charge is 2.38. The topological polar surface area (TPSA) is 55.9 Å². The molecule has 1 atom stereocenters. The molecular weight excluding hydrogens is 457 g/mol. The first kappa shape index (κ1) is 23.2. The molecule has 2 fully saturated rings. The van der Waals surface area contributed by atoms with Gasteiger partial charge in [-0.15, -0.1) is 0 Å². The Balaban J connectivity index is 1.36. The third kappa shape index (κ3) is 5.35. The number of nitrogens with zero attached hydrogens (tertiary/aromatic N) is 3. The smallest absolute Gasteiger partial charge is 0.368 e. The highest BCUT2D eigenvalue weighted by molar-refractivity contribution is 6.30. The van der Waals surface area contributed by atoms with Crippen LogP contribution < -0.4 is 10.2 Å². The van der Waals surface area contributed by atoms with Gasteiger partial charge in [-0.3, -0.25) is 4.79 Å². The SMILES string of the molecule is O=C(C1CCCN1C(=O)Nc1cccc(Cl)c1)N1CCN(c2cccc(C(F)(F)F)c2)CC1. The van der Waals surface area contributed by atoms with Crippen LogP contribution >= 0.6 is 11.6 Å². The van der Waals surface area contributed by atoms with Crippen molar-refractivity contribution in [2.45, 2.75) is 25.1 Å². The summed E-state index contributed by atoms with van der Waals surface area (Å²) in [5.74, 6) is -0.127. The molecule has 0 aliphatic carbocycles. The van der Waals surface area contributed by atoms with E-state index >= 15 is 0 Å². The van der Waals surface area contributed by atoms with Crippen LogP contribution in [0, 0.1) is 0 Å². The van der Waals surface area contributed by atoms with Gasteiger partial charge in [0.15, 0.2) is 0 Å². The standard InChI is InChI=1S/C23H24ClF3N4O2/c24-17-5-2-6-18(15-17)28-22(33)31-9-3-8-20(31)21(32)30-12-10-29(11-13-30)19-7-1-4-16(14-19)23(25,26)27/h1-2,4-7,14-15,20H,3,8-13H2,(H,28,33). The molecule has 0 aromatic heterocycles. The molecule has 176 valence electrons. The molecule has 1 N–H and O–H groups in total. The van der Waals surface area contributed by atoms with E-state index < -0.39 is 17.8 Å². The predicted octanol–water partition coefficient (Wildman–Crippen LogP) is 4.70. The van der Waals surface area contributed by atoms with Crippen molar-refractivity contribution in [1.29, 1.82) is 0 Å². The number of halogens is 4. The Kier molecular flexibility index (Phi) is 6.69. The van der Waals surface area contributed by atoms with E-state index in [0.29, 0.717) is 55.5 Å². The Morgan fingerprint density at radius 3 is 2.39 bits per heavy atom. The van der Waals surface area contributed by atoms with Gasteiger partial charge in [0.1, 0.15) is 6.04 Å². The second-order valence-corrected chi connectivity index (χ2v) is 8.59. The van der Waals surface area contributed by atoms with Crippen molar-refractivity contribution in [2.75, 3.05) is 42.9 Å². The van der Waals surface area contributed by atoms with Gasteiger partial charge >= 0.3 is 12.2 Å². The minimum atomic E-state index is -4.40. The number of hydrogen-bond donors (Lipinski definition) is 1. The van der Waals surface area contributed by atoms with Crippen LogP contribution in [0.2, 0.25) is 5.02 Å². The summed E-state index contributed by atoms with van der Waals surface area (Å²) in [6.07, 6.45) is -3.09. The zero-order valence-corrected chi connectivity index (χ0v) is 18.6. The van der Waals surface area contributed by atoms with Crippen molar-refractivity contribution in [1.82, 2.24) is 9.80 Å². The summed E-state index contributed by atoms with van der Waals surface area (Å²) in [4.78, 5) is 31.0. The van der Waals surface area contributed by atoms with E-state index in [1.807, 2.05) is 4.90 Å². The number of nitrogens with one attached hydrogen (secondary N) is 1. The first-order valence-electron chi connectivity index (χ1n) is 10.8. The molecule has 3 amide bonds. The lowest BCUT2D eigenvalue weighted by molar-refractivity contribution is -0.137. The van der Waals surface area contributed by atoms with Crippen molar-refractivity contribution in [3.8, 4) is 0 Å². The third-order valence-electron chi connectivity index (χ3n) is 6.00. The summed E-state index contributed by atoms with van der Waals surface area (Å²) in [7, 11) is 0. The molecule has 2 aromatic rings. The van der Waals surface area contributed by atoms with Crippen molar-refractivity contribution in [3.05, 3.63) is 59.1 Å². The second-order valence-electron chi connectivity index (χ2n) is 8.15. The zero-order chi connectivity index (χ0) is 23.6. The quantitative estimate of drug-likeness (QED) is 0.692. The lowest BCUT2D eigenvalue weighted by atomic mass is 10.1. The first-order valence-corrected chi connectivity index (χ1v) is 11.1. The van der Waals surface area contributed by atoms with E-state index in [9.17, 15) is 22.8 Å². The van der Waals surface area contributed by atoms with E-state index in [1.54, 1.807) is 40.1 Å². The van der Waals surface area contributed by atoms with Crippen LogP contribution in [0.1, 0.15) is 18.4 Å². The average molecular weight is 481 g/mol. The summed E-state index contributed by atoms with van der Waals surface area (Å²) in [5, 5.41) is 3.29. The minimum absolute atomic E-state index is 0.127. The Morgan fingerprint density at radius 2 is 1.70 bits per heavy atom. The highest BCUT2D eigenvalue weighted by Crippen LogP contribution is 2.32. The molecule has 2 aromatic carbocycles. The van der Waals surface area contributed by atoms with E-state index in [1.165, 1.54) is 6.07 Å². The largest absolute Gasteiger partial charge is 0.416 e. The third-order valence-corrected chi connectivity index (χ3v) is 6.24. The summed E-state index contributed by atoms with van der Waals surface area (Å²) < 4.78 is 39.1. The van der Waals surface area contributed by atoms with E-state index in [-0.39, 0.29) is 11.9 Å². The summed E-state index contributed by atoms with van der Waals surface area (Å²) >= 11 is 5.97. The molecule has 33 heavy (non-hydrogen) atoms. The number of urea groups is 1. The van der Waals surface area contributed by atoms with Gasteiger partial charge < -0.3 is 20.0 Å². The molecule has 2 aliphatic heterocycles. The molecule has 2 heterocycles. The minimum Gasteiger partial charge on any atom is -0.368 e. The lowest BCUT2D eigenvalue weighted by Crippen LogP contribution is -2.55. The Bertz CT molecular complexity index is 1020. The fourth-order valence-corrected chi connectivity index (χ4v) is 4.49. The van der Waals surface area contributed by atoms with Gasteiger partial charge in [-0.2, -0.15) is 13.2 Å². The first-order chi connectivity index (χ1) is 15.7. The predicted molar refractivity (Wildman–Crippen MR) is 120 cm³/mol. The Labute approximate surface area is 194 Å². The summed E-state index contributed by atoms with van der Waals surface area (Å²) in [6.45, 7) is 2.10. The van der Waals surface area contributed by atoms with Crippen LogP contribution in [0.15, 0.2) is 48.5 Å². The number of carbonyl (C=O) groups excluding carboxylic acids is 2. The number of carbonyl (C=O) groups is 2. The fraction of sp³-hybridized carbons (Fsp3) is 0.391. The monoisotopic (exact) mass is 480 g/mol. The van der Waals surface area contributed by atoms with Crippen molar-refractivity contribution < 1.29 is 22.8 Å². The number of alkyl halides is 3. The zero-order valence-electron chi connectivity index (χ0n) is 17.8. The number of piperazine rings is 1. The van der Waals surface area contributed by atoms with Crippen LogP contribution in [0.5, 0.6) is 0 Å². The van der Waals surface area contributed by atoms with E-state index in [2.05, 4.69) is 5.32 Å². The molecule has 0 saturated carbocycles. The van der Waals surface area contributed by atoms with Crippen LogP contribution in [0.25, 0.3) is 0 Å². The van der Waals surface area contributed by atoms with Gasteiger partial charge in [0, 0.05) is 49.1 Å². The van der Waals surface area contributed by atoms with Crippen molar-refractivity contribution >= 4 is 34.9 Å². The molecule has 6 nitrogen and oxygen atoms in total. The number of anilines is 2. The second kappa shape index (κ2) is 9.51. The molecule has 0 spiro atoms. The molecule has 4 rings (SSSR count). The van der Waals surface area contributed by atoms with Gasteiger partial charge in [-0.25, -0.2) is 4.79 Å². The molecule has 0 bridgehead atoms. The van der Waals surface area contributed by atoms with E-state index in [4.69, 9.17) is 11.6 Å². The molecule has 1 unspecified atom stereocenters. The molecule has 10 heteroatoms. The molecule has 2 saturated heterocycles. The summed E-state index contributed by atoms with van der Waals surface area (Å²) in [6, 6.07) is 11.1. The Hall–Kier alpha value is -2.94. The fourth-order valence-electron chi connectivity index (χ4n) is 4.30. The normalized spacial score (nSPS) is 19.0. The van der Waals surface area contributed by atoms with Crippen molar-refractivity contribution in [3.63, 3.8) is 0 Å². The number of hydrogen-bond acceptors (Lipinski definition) is 3. The van der Waals surface area contributed by atoms with Gasteiger partial charge in [0.2, 0.25) is 5.91 Å². The lowest BCUT2D eigenvalue weighted by Gasteiger charge is -2.38. The maximum Gasteiger partial charge on any atom is 0.416 e. The van der Waals surface area contributed by atoms with Gasteiger partial charge in [-0.1, -0.05) is 23.7 Å². The van der Waals surface area contributed by atoms with Crippen LogP contribution in [-0.4, -0.2) is 60.5 Å². The van der Waals surface area contributed by atoms with Crippen LogP contribution in [-0.2, 0) is 11.0 Å². The van der Waals surface area contributed by atoms with Crippen molar-refractivity contribution in [2.24, 2.45) is 0 Å². The Morgan fingerprint density at radius 1 is 0.970 bits per heavy atom. The van der Waals surface area contributed by atoms with Crippen LogP contribution in [0.4, 0.5) is 29.3 Å². The van der Waals surface area contributed by atoms with Gasteiger partial charge in [0.05, 0.1) is 5.56 Å². The number of rotatable bonds is 3. The maximum absolute atomic E-state index is 13.2. The maximum atomic E-state index is 13.2.